The molecule has 0 bridgehead atoms. The van der Waals surface area contributed by atoms with Crippen LogP contribution in [0.4, 0.5) is 5.69 Å². The summed E-state index contributed by atoms with van der Waals surface area (Å²) in [5.41, 5.74) is 4.64. The van der Waals surface area contributed by atoms with Gasteiger partial charge in [0, 0.05) is 24.2 Å². The number of nitrogens with one attached hydrogen (secondary N) is 1. The highest BCUT2D eigenvalue weighted by Crippen LogP contribution is 2.31. The molecule has 1 aromatic heterocycles. The fraction of sp³-hybridized carbons (Fsp3) is 0.333. The highest BCUT2D eigenvalue weighted by molar-refractivity contribution is 6.10. The van der Waals surface area contributed by atoms with Crippen LogP contribution in [0.15, 0.2) is 54.6 Å². The maximum absolute atomic E-state index is 13.7. The molecular formula is C27H32N2O3. The first-order chi connectivity index (χ1) is 15.4. The van der Waals surface area contributed by atoms with Gasteiger partial charge >= 0.3 is 0 Å². The number of anilines is 1. The molecule has 1 heterocycles. The minimum absolute atomic E-state index is 0.255. The molecule has 3 aromatic rings. The van der Waals surface area contributed by atoms with Crippen molar-refractivity contribution in [1.82, 2.24) is 0 Å². The molecule has 3 rings (SSSR count). The number of hydrogen-bond donors (Lipinski definition) is 1. The molecule has 0 saturated heterocycles. The summed E-state index contributed by atoms with van der Waals surface area (Å²) in [4.78, 5) is 13.7. The van der Waals surface area contributed by atoms with Crippen molar-refractivity contribution in [3.8, 4) is 17.0 Å². The average Bonchev–Trinajstić information content (AvgIpc) is 2.79. The van der Waals surface area contributed by atoms with E-state index in [4.69, 9.17) is 4.74 Å². The van der Waals surface area contributed by atoms with Crippen molar-refractivity contribution in [2.75, 3.05) is 11.9 Å². The van der Waals surface area contributed by atoms with E-state index in [2.05, 4.69) is 19.2 Å². The normalized spacial score (nSPS) is 10.9. The van der Waals surface area contributed by atoms with E-state index in [1.54, 1.807) is 13.0 Å². The van der Waals surface area contributed by atoms with Crippen LogP contribution in [-0.2, 0) is 12.8 Å². The molecule has 32 heavy (non-hydrogen) atoms. The quantitative estimate of drug-likeness (QED) is 0.366. The molecule has 0 atom stereocenters. The van der Waals surface area contributed by atoms with Crippen molar-refractivity contribution in [3.05, 3.63) is 82.2 Å². The van der Waals surface area contributed by atoms with Crippen LogP contribution in [0.25, 0.3) is 11.3 Å². The zero-order chi connectivity index (χ0) is 23.3. The van der Waals surface area contributed by atoms with Gasteiger partial charge in [-0.2, -0.15) is 4.73 Å². The second-order valence-electron chi connectivity index (χ2n) is 8.35. The summed E-state index contributed by atoms with van der Waals surface area (Å²) < 4.78 is 6.87. The van der Waals surface area contributed by atoms with Crippen LogP contribution in [0.1, 0.15) is 54.9 Å². The summed E-state index contributed by atoms with van der Waals surface area (Å²) in [6.45, 7) is 10.4. The Morgan fingerprint density at radius 2 is 1.66 bits per heavy atom. The smallest absolute Gasteiger partial charge is 0.266 e. The van der Waals surface area contributed by atoms with E-state index in [0.717, 1.165) is 34.4 Å². The van der Waals surface area contributed by atoms with Gasteiger partial charge in [0.25, 0.3) is 5.91 Å². The Morgan fingerprint density at radius 1 is 1.03 bits per heavy atom. The van der Waals surface area contributed by atoms with Crippen LogP contribution in [-0.4, -0.2) is 12.5 Å². The van der Waals surface area contributed by atoms with E-state index in [1.807, 2.05) is 62.4 Å². The van der Waals surface area contributed by atoms with Crippen LogP contribution in [0.3, 0.4) is 0 Å². The highest BCUT2D eigenvalue weighted by Gasteiger charge is 2.29. The lowest BCUT2D eigenvalue weighted by atomic mass is 10.0. The first-order valence-corrected chi connectivity index (χ1v) is 11.2. The summed E-state index contributed by atoms with van der Waals surface area (Å²) in [6.07, 6.45) is 1.59. The lowest BCUT2D eigenvalue weighted by Crippen LogP contribution is -2.36. The Balaban J connectivity index is 2.19. The predicted molar refractivity (Wildman–Crippen MR) is 129 cm³/mol. The van der Waals surface area contributed by atoms with Gasteiger partial charge < -0.3 is 15.3 Å². The van der Waals surface area contributed by atoms with E-state index in [1.165, 1.54) is 0 Å². The average molecular weight is 433 g/mol. The topological polar surface area (TPSA) is 65.3 Å². The first-order valence-electron chi connectivity index (χ1n) is 11.2. The standard InChI is InChI=1S/C27H32N2O3/c1-6-20-14-11-15-21(7-2)25(20)28-27(30)24-23(32-17-18(3)4)16-19(5)29(31)26(24)22-12-9-8-10-13-22/h8-16,18H,6-7,17H2,1-5H3,(H,28,30). The van der Waals surface area contributed by atoms with Crippen LogP contribution in [0.5, 0.6) is 5.75 Å². The van der Waals surface area contributed by atoms with Crippen molar-refractivity contribution < 1.29 is 14.3 Å². The van der Waals surface area contributed by atoms with E-state index >= 15 is 0 Å². The summed E-state index contributed by atoms with van der Waals surface area (Å²) in [5, 5.41) is 16.3. The summed E-state index contributed by atoms with van der Waals surface area (Å²) >= 11 is 0. The maximum atomic E-state index is 13.7. The number of hydrogen-bond acceptors (Lipinski definition) is 3. The zero-order valence-corrected chi connectivity index (χ0v) is 19.6. The zero-order valence-electron chi connectivity index (χ0n) is 19.6. The summed E-state index contributed by atoms with van der Waals surface area (Å²) in [7, 11) is 0. The molecule has 5 nitrogen and oxygen atoms in total. The van der Waals surface area contributed by atoms with Crippen molar-refractivity contribution in [3.63, 3.8) is 0 Å². The first kappa shape index (κ1) is 23.3. The van der Waals surface area contributed by atoms with Crippen molar-refractivity contribution in [2.45, 2.75) is 47.5 Å². The van der Waals surface area contributed by atoms with E-state index < -0.39 is 0 Å². The van der Waals surface area contributed by atoms with Crippen LogP contribution in [0, 0.1) is 18.0 Å². The van der Waals surface area contributed by atoms with Gasteiger partial charge in [0.15, 0.2) is 11.3 Å². The van der Waals surface area contributed by atoms with Gasteiger partial charge in [-0.3, -0.25) is 4.79 Å². The Kier molecular flexibility index (Phi) is 7.52. The maximum Gasteiger partial charge on any atom is 0.266 e. The Bertz CT molecular complexity index is 1070. The summed E-state index contributed by atoms with van der Waals surface area (Å²) in [5.74, 6) is 0.355. The number of aryl methyl sites for hydroxylation is 3. The molecule has 2 aromatic carbocycles. The summed E-state index contributed by atoms with van der Waals surface area (Å²) in [6, 6.07) is 17.0. The van der Waals surface area contributed by atoms with E-state index in [-0.39, 0.29) is 17.4 Å². The van der Waals surface area contributed by atoms with Crippen molar-refractivity contribution in [2.24, 2.45) is 5.92 Å². The third kappa shape index (κ3) is 4.93. The number of pyridine rings is 1. The largest absolute Gasteiger partial charge is 0.618 e. The number of rotatable bonds is 8. The SMILES string of the molecule is CCc1cccc(CC)c1NC(=O)c1c(OCC(C)C)cc(C)[n+]([O-])c1-c1ccccc1. The predicted octanol–water partition coefficient (Wildman–Crippen LogP) is 5.71. The van der Waals surface area contributed by atoms with Crippen molar-refractivity contribution in [1.29, 1.82) is 0 Å². The molecule has 1 N–H and O–H groups in total. The molecule has 168 valence electrons. The van der Waals surface area contributed by atoms with Gasteiger partial charge in [-0.1, -0.05) is 64.1 Å². The fourth-order valence-electron chi connectivity index (χ4n) is 3.74. The Labute approximate surface area is 190 Å². The monoisotopic (exact) mass is 432 g/mol. The molecule has 0 unspecified atom stereocenters. The number of nitrogens with zero attached hydrogens (tertiary/aromatic N) is 1. The second kappa shape index (κ2) is 10.3. The number of aromatic nitrogens is 1. The van der Waals surface area contributed by atoms with Gasteiger partial charge in [-0.15, -0.1) is 0 Å². The van der Waals surface area contributed by atoms with Crippen LogP contribution in [0.2, 0.25) is 0 Å². The molecule has 1 amide bonds. The third-order valence-corrected chi connectivity index (χ3v) is 5.43. The fourth-order valence-corrected chi connectivity index (χ4v) is 3.74. The molecule has 0 aliphatic rings. The number of carbonyl (C=O) groups is 1. The van der Waals surface area contributed by atoms with E-state index in [0.29, 0.717) is 29.3 Å². The van der Waals surface area contributed by atoms with E-state index in [9.17, 15) is 10.0 Å². The molecule has 0 radical (unpaired) electrons. The number of amides is 1. The second-order valence-corrected chi connectivity index (χ2v) is 8.35. The molecule has 0 aliphatic carbocycles. The Morgan fingerprint density at radius 3 is 2.22 bits per heavy atom. The van der Waals surface area contributed by atoms with Gasteiger partial charge in [-0.05, 0) is 42.0 Å². The number of ether oxygens (including phenoxy) is 1. The van der Waals surface area contributed by atoms with Gasteiger partial charge in [0.2, 0.25) is 5.69 Å². The Hall–Kier alpha value is -3.34. The van der Waals surface area contributed by atoms with Crippen LogP contribution >= 0.6 is 0 Å². The number of para-hydroxylation sites is 1. The molecular weight excluding hydrogens is 400 g/mol. The minimum Gasteiger partial charge on any atom is -0.618 e. The van der Waals surface area contributed by atoms with Crippen LogP contribution < -0.4 is 14.8 Å². The van der Waals surface area contributed by atoms with Gasteiger partial charge in [-0.25, -0.2) is 0 Å². The minimum atomic E-state index is -0.345. The molecule has 0 saturated carbocycles. The molecule has 0 aliphatic heterocycles. The van der Waals surface area contributed by atoms with Gasteiger partial charge in [0.05, 0.1) is 6.61 Å². The van der Waals surface area contributed by atoms with Gasteiger partial charge in [0.1, 0.15) is 5.75 Å². The molecule has 0 fully saturated rings. The third-order valence-electron chi connectivity index (χ3n) is 5.43. The molecule has 5 heteroatoms. The highest BCUT2D eigenvalue weighted by atomic mass is 16.5. The lowest BCUT2D eigenvalue weighted by molar-refractivity contribution is -0.600. The lowest BCUT2D eigenvalue weighted by Gasteiger charge is -2.19. The molecule has 0 spiro atoms. The number of benzene rings is 2. The van der Waals surface area contributed by atoms with Crippen molar-refractivity contribution >= 4 is 11.6 Å². The number of carbonyl (C=O) groups excluding carboxylic acids is 1.